The first-order chi connectivity index (χ1) is 12.8. The van der Waals surface area contributed by atoms with Crippen LogP contribution in [0.1, 0.15) is 15.9 Å². The molecule has 0 spiro atoms. The predicted octanol–water partition coefficient (Wildman–Crippen LogP) is 4.53. The molecule has 0 radical (unpaired) electrons. The number of phenols is 1. The Hall–Kier alpha value is -1.60. The molecule has 1 heterocycles. The summed E-state index contributed by atoms with van der Waals surface area (Å²) >= 11 is 5.34. The van der Waals surface area contributed by atoms with Crippen molar-refractivity contribution >= 4 is 85.8 Å². The molecule has 0 aliphatic carbocycles. The van der Waals surface area contributed by atoms with Crippen molar-refractivity contribution in [2.24, 2.45) is 4.99 Å². The summed E-state index contributed by atoms with van der Waals surface area (Å²) in [5.41, 5.74) is 1.56. The van der Waals surface area contributed by atoms with E-state index in [4.69, 9.17) is 5.11 Å². The van der Waals surface area contributed by atoms with Gasteiger partial charge in [-0.2, -0.15) is 0 Å². The van der Waals surface area contributed by atoms with Gasteiger partial charge in [0.25, 0.3) is 5.91 Å². The molecule has 1 amide bonds. The highest BCUT2D eigenvalue weighted by Gasteiger charge is 2.30. The molecular weight excluding hydrogens is 594 g/mol. The first-order valence-corrected chi connectivity index (χ1v) is 10.5. The molecule has 0 aromatic heterocycles. The van der Waals surface area contributed by atoms with Crippen molar-refractivity contribution in [3.05, 3.63) is 59.6 Å². The minimum absolute atomic E-state index is 0.168. The summed E-state index contributed by atoms with van der Waals surface area (Å²) < 4.78 is 1.42. The molecule has 0 saturated carbocycles. The van der Waals surface area contributed by atoms with Gasteiger partial charge in [0.2, 0.25) is 0 Å². The van der Waals surface area contributed by atoms with E-state index < -0.39 is 5.97 Å². The Balaban J connectivity index is 1.89. The highest BCUT2D eigenvalue weighted by atomic mass is 127. The third kappa shape index (κ3) is 4.46. The maximum atomic E-state index is 12.5. The summed E-state index contributed by atoms with van der Waals surface area (Å²) in [4.78, 5) is 29.9. The maximum absolute atomic E-state index is 12.5. The molecule has 2 aromatic rings. The Morgan fingerprint density at radius 3 is 2.33 bits per heavy atom. The van der Waals surface area contributed by atoms with E-state index in [0.29, 0.717) is 22.9 Å². The van der Waals surface area contributed by atoms with Gasteiger partial charge in [-0.05, 0) is 105 Å². The van der Waals surface area contributed by atoms with Crippen molar-refractivity contribution in [2.45, 2.75) is 0 Å². The number of thioether (sulfide) groups is 1. The zero-order chi connectivity index (χ0) is 19.7. The van der Waals surface area contributed by atoms with Crippen LogP contribution in [0.25, 0.3) is 6.08 Å². The Labute approximate surface area is 186 Å². The van der Waals surface area contributed by atoms with Gasteiger partial charge in [-0.25, -0.2) is 9.79 Å². The van der Waals surface area contributed by atoms with Crippen LogP contribution >= 0.6 is 56.9 Å². The number of hydrogen-bond acceptors (Lipinski definition) is 5. The first kappa shape index (κ1) is 20.1. The SMILES string of the molecule is CN1C(=O)/C(=C/c2cc(I)c(O)c(I)c2)SC1=Nc1ccc(C(=O)O)cc1. The van der Waals surface area contributed by atoms with E-state index in [1.807, 2.05) is 45.2 Å². The second-order valence-corrected chi connectivity index (χ2v) is 8.89. The summed E-state index contributed by atoms with van der Waals surface area (Å²) in [6.45, 7) is 0. The van der Waals surface area contributed by atoms with Gasteiger partial charge < -0.3 is 10.2 Å². The van der Waals surface area contributed by atoms with Crippen molar-refractivity contribution < 1.29 is 19.8 Å². The number of aromatic carboxylic acids is 1. The van der Waals surface area contributed by atoms with E-state index in [-0.39, 0.29) is 17.2 Å². The van der Waals surface area contributed by atoms with Crippen molar-refractivity contribution in [1.29, 1.82) is 0 Å². The smallest absolute Gasteiger partial charge is 0.335 e. The fourth-order valence-electron chi connectivity index (χ4n) is 2.26. The van der Waals surface area contributed by atoms with Crippen LogP contribution in [0.5, 0.6) is 5.75 Å². The number of likely N-dealkylation sites (N-methyl/N-ethyl adjacent to an activating group) is 1. The van der Waals surface area contributed by atoms with E-state index in [9.17, 15) is 14.7 Å². The number of carbonyl (C=O) groups excluding carboxylic acids is 1. The van der Waals surface area contributed by atoms with E-state index in [1.165, 1.54) is 28.8 Å². The van der Waals surface area contributed by atoms with Gasteiger partial charge in [-0.15, -0.1) is 0 Å². The van der Waals surface area contributed by atoms with E-state index >= 15 is 0 Å². The van der Waals surface area contributed by atoms with Gasteiger partial charge >= 0.3 is 5.97 Å². The molecule has 0 atom stereocenters. The zero-order valence-corrected chi connectivity index (χ0v) is 18.9. The number of carbonyl (C=O) groups is 2. The lowest BCUT2D eigenvalue weighted by molar-refractivity contribution is -0.121. The van der Waals surface area contributed by atoms with Crippen molar-refractivity contribution in [1.82, 2.24) is 4.90 Å². The molecule has 2 aromatic carbocycles. The number of phenolic OH excluding ortho intramolecular Hbond substituents is 1. The fraction of sp³-hybridized carbons (Fsp3) is 0.0556. The minimum Gasteiger partial charge on any atom is -0.506 e. The summed E-state index contributed by atoms with van der Waals surface area (Å²) in [5, 5.41) is 19.3. The lowest BCUT2D eigenvalue weighted by atomic mass is 10.2. The lowest BCUT2D eigenvalue weighted by Crippen LogP contribution is -2.23. The van der Waals surface area contributed by atoms with Gasteiger partial charge in [-0.1, -0.05) is 0 Å². The molecule has 2 N–H and O–H groups in total. The standard InChI is InChI=1S/C18H12I2N2O4S/c1-22-16(24)14(8-9-6-12(19)15(23)13(20)7-9)27-18(22)21-11-4-2-10(3-5-11)17(25)26/h2-8,23H,1H3,(H,25,26)/b14-8-,21-18?. The maximum Gasteiger partial charge on any atom is 0.335 e. The van der Waals surface area contributed by atoms with Gasteiger partial charge in [0.05, 0.1) is 23.3 Å². The van der Waals surface area contributed by atoms with Crippen LogP contribution < -0.4 is 0 Å². The van der Waals surface area contributed by atoms with Gasteiger partial charge in [0.1, 0.15) is 5.75 Å². The Kier molecular flexibility index (Phi) is 6.11. The molecule has 27 heavy (non-hydrogen) atoms. The number of hydrogen-bond donors (Lipinski definition) is 2. The molecule has 138 valence electrons. The van der Waals surface area contributed by atoms with E-state index in [1.54, 1.807) is 37.4 Å². The molecule has 1 saturated heterocycles. The summed E-state index contributed by atoms with van der Waals surface area (Å²) in [6.07, 6.45) is 1.77. The number of carboxylic acids is 1. The molecule has 1 fully saturated rings. The van der Waals surface area contributed by atoms with Gasteiger partial charge in [-0.3, -0.25) is 9.69 Å². The molecule has 3 rings (SSSR count). The second-order valence-electron chi connectivity index (χ2n) is 5.55. The number of amidine groups is 1. The normalized spacial score (nSPS) is 17.1. The number of carboxylic acid groups (broad SMARTS) is 1. The van der Waals surface area contributed by atoms with Gasteiger partial charge in [0, 0.05) is 7.05 Å². The molecular formula is C18H12I2N2O4S. The van der Waals surface area contributed by atoms with Crippen LogP contribution in [0.3, 0.4) is 0 Å². The number of rotatable bonds is 3. The topological polar surface area (TPSA) is 90.2 Å². The number of aliphatic imine (C=N–C) groups is 1. The lowest BCUT2D eigenvalue weighted by Gasteiger charge is -2.07. The molecule has 1 aliphatic heterocycles. The Morgan fingerprint density at radius 1 is 1.19 bits per heavy atom. The second kappa shape index (κ2) is 8.19. The molecule has 9 heteroatoms. The van der Waals surface area contributed by atoms with Gasteiger partial charge in [0.15, 0.2) is 5.17 Å². The summed E-state index contributed by atoms with van der Waals surface area (Å²) in [7, 11) is 1.64. The molecule has 0 bridgehead atoms. The van der Waals surface area contributed by atoms with Crippen LogP contribution in [-0.2, 0) is 4.79 Å². The number of amides is 1. The van der Waals surface area contributed by atoms with E-state index in [0.717, 1.165) is 5.56 Å². The number of aromatic hydroxyl groups is 1. The zero-order valence-electron chi connectivity index (χ0n) is 13.8. The van der Waals surface area contributed by atoms with Crippen LogP contribution in [0, 0.1) is 7.14 Å². The van der Waals surface area contributed by atoms with Crippen molar-refractivity contribution in [2.75, 3.05) is 7.05 Å². The summed E-state index contributed by atoms with van der Waals surface area (Å²) in [6, 6.07) is 9.75. The average Bonchev–Trinajstić information content (AvgIpc) is 2.88. The molecule has 6 nitrogen and oxygen atoms in total. The van der Waals surface area contributed by atoms with Crippen LogP contribution in [0.4, 0.5) is 5.69 Å². The minimum atomic E-state index is -1.000. The number of halogens is 2. The van der Waals surface area contributed by atoms with Crippen molar-refractivity contribution in [3.63, 3.8) is 0 Å². The number of nitrogens with zero attached hydrogens (tertiary/aromatic N) is 2. The first-order valence-electron chi connectivity index (χ1n) is 7.54. The number of benzene rings is 2. The third-order valence-electron chi connectivity index (χ3n) is 3.68. The quantitative estimate of drug-likeness (QED) is 0.396. The third-order valence-corrected chi connectivity index (χ3v) is 6.38. The van der Waals surface area contributed by atoms with E-state index in [2.05, 4.69) is 4.99 Å². The highest BCUT2D eigenvalue weighted by molar-refractivity contribution is 14.1. The monoisotopic (exact) mass is 606 g/mol. The van der Waals surface area contributed by atoms with Crippen LogP contribution in [0.15, 0.2) is 46.3 Å². The van der Waals surface area contributed by atoms with Crippen LogP contribution in [0.2, 0.25) is 0 Å². The average molecular weight is 606 g/mol. The molecule has 1 aliphatic rings. The highest BCUT2D eigenvalue weighted by Crippen LogP contribution is 2.35. The fourth-order valence-corrected chi connectivity index (χ4v) is 5.06. The largest absolute Gasteiger partial charge is 0.506 e. The molecule has 0 unspecified atom stereocenters. The van der Waals surface area contributed by atoms with Crippen LogP contribution in [-0.4, -0.2) is 39.2 Å². The Morgan fingerprint density at radius 2 is 1.78 bits per heavy atom. The van der Waals surface area contributed by atoms with Crippen molar-refractivity contribution in [3.8, 4) is 5.75 Å². The Bertz CT molecular complexity index is 980. The summed E-state index contributed by atoms with van der Waals surface area (Å²) in [5.74, 6) is -0.938. The predicted molar refractivity (Wildman–Crippen MR) is 122 cm³/mol.